The first-order valence-electron chi connectivity index (χ1n) is 6.03. The number of hydrogen-bond acceptors (Lipinski definition) is 3. The molecule has 4 nitrogen and oxygen atoms in total. The number of aromatic carboxylic acids is 1. The molecule has 0 atom stereocenters. The first-order valence-corrected chi connectivity index (χ1v) is 6.03. The van der Waals surface area contributed by atoms with Crippen LogP contribution >= 0.6 is 0 Å². The van der Waals surface area contributed by atoms with Gasteiger partial charge in [0.2, 0.25) is 0 Å². The number of hydrogen-bond donors (Lipinski definition) is 2. The zero-order chi connectivity index (χ0) is 13.7. The Morgan fingerprint density at radius 2 is 1.70 bits per heavy atom. The van der Waals surface area contributed by atoms with Crippen molar-refractivity contribution < 1.29 is 14.6 Å². The van der Waals surface area contributed by atoms with Crippen LogP contribution in [0.1, 0.15) is 17.3 Å². The number of carboxylic acid groups (broad SMARTS) is 1. The summed E-state index contributed by atoms with van der Waals surface area (Å²) in [7, 11) is 0. The van der Waals surface area contributed by atoms with Crippen LogP contribution < -0.4 is 10.1 Å². The van der Waals surface area contributed by atoms with Crippen LogP contribution in [0.4, 0.5) is 11.4 Å². The summed E-state index contributed by atoms with van der Waals surface area (Å²) in [6.45, 7) is 2.46. The average molecular weight is 284 g/mol. The zero-order valence-corrected chi connectivity index (χ0v) is 10.6. The van der Waals surface area contributed by atoms with Crippen molar-refractivity contribution >= 4 is 40.4 Å². The second-order valence-electron chi connectivity index (χ2n) is 3.90. The summed E-state index contributed by atoms with van der Waals surface area (Å²) in [6.07, 6.45) is 0. The van der Waals surface area contributed by atoms with Crippen LogP contribution in [-0.2, 0) is 0 Å². The molecule has 2 rings (SSSR count). The second kappa shape index (κ2) is 7.77. The van der Waals surface area contributed by atoms with Crippen molar-refractivity contribution in [3.05, 3.63) is 54.1 Å². The van der Waals surface area contributed by atoms with Gasteiger partial charge in [0.1, 0.15) is 5.75 Å². The van der Waals surface area contributed by atoms with Gasteiger partial charge >= 0.3 is 29.0 Å². The smallest absolute Gasteiger partial charge is 0.337 e. The van der Waals surface area contributed by atoms with Gasteiger partial charge in [-0.25, -0.2) is 4.79 Å². The Hall–Kier alpha value is -1.72. The third-order valence-electron chi connectivity index (χ3n) is 2.61. The molecule has 0 amide bonds. The molecule has 0 aliphatic heterocycles. The van der Waals surface area contributed by atoms with Crippen molar-refractivity contribution in [2.75, 3.05) is 11.9 Å². The Balaban J connectivity index is 0.00000200. The molecular formula is C15H17MgNO3. The molecule has 0 unspecified atom stereocenters. The average Bonchev–Trinajstić information content (AvgIpc) is 2.42. The Morgan fingerprint density at radius 1 is 1.10 bits per heavy atom. The lowest BCUT2D eigenvalue weighted by Crippen LogP contribution is -2.03. The molecule has 2 aromatic carbocycles. The highest BCUT2D eigenvalue weighted by molar-refractivity contribution is 5.95. The summed E-state index contributed by atoms with van der Waals surface area (Å²) in [5.74, 6) is -0.262. The summed E-state index contributed by atoms with van der Waals surface area (Å²) in [5.41, 5.74) is 1.52. The number of carboxylic acids is 1. The van der Waals surface area contributed by atoms with E-state index in [0.717, 1.165) is 5.69 Å². The van der Waals surface area contributed by atoms with Gasteiger partial charge in [-0.1, -0.05) is 24.3 Å². The highest BCUT2D eigenvalue weighted by atomic mass is 24.3. The van der Waals surface area contributed by atoms with E-state index in [1.165, 1.54) is 0 Å². The lowest BCUT2D eigenvalue weighted by atomic mass is 10.1. The number of anilines is 2. The summed E-state index contributed by atoms with van der Waals surface area (Å²) >= 11 is 0. The summed E-state index contributed by atoms with van der Waals surface area (Å²) in [5, 5.41) is 12.2. The van der Waals surface area contributed by atoms with Crippen LogP contribution in [0.2, 0.25) is 0 Å². The first kappa shape index (κ1) is 16.3. The van der Waals surface area contributed by atoms with E-state index >= 15 is 0 Å². The molecule has 0 heterocycles. The van der Waals surface area contributed by atoms with E-state index in [1.54, 1.807) is 24.3 Å². The minimum atomic E-state index is -0.961. The van der Waals surface area contributed by atoms with Crippen molar-refractivity contribution in [1.29, 1.82) is 0 Å². The normalized spacial score (nSPS) is 9.45. The third-order valence-corrected chi connectivity index (χ3v) is 2.61. The van der Waals surface area contributed by atoms with Gasteiger partial charge in [-0.15, -0.1) is 0 Å². The first-order chi connectivity index (χ1) is 9.22. The lowest BCUT2D eigenvalue weighted by molar-refractivity contribution is 0.0698. The number of para-hydroxylation sites is 3. The molecule has 20 heavy (non-hydrogen) atoms. The quantitative estimate of drug-likeness (QED) is 0.828. The van der Waals surface area contributed by atoms with E-state index in [4.69, 9.17) is 9.84 Å². The van der Waals surface area contributed by atoms with Gasteiger partial charge in [-0.3, -0.25) is 0 Å². The maximum Gasteiger partial charge on any atom is 0.337 e. The minimum Gasteiger partial charge on any atom is -0.492 e. The largest absolute Gasteiger partial charge is 0.492 e. The van der Waals surface area contributed by atoms with Crippen LogP contribution in [-0.4, -0.2) is 40.7 Å². The molecule has 0 saturated heterocycles. The van der Waals surface area contributed by atoms with E-state index in [9.17, 15) is 4.79 Å². The molecule has 0 fully saturated rings. The molecule has 102 valence electrons. The molecule has 5 heteroatoms. The number of rotatable bonds is 5. The highest BCUT2D eigenvalue weighted by Gasteiger charge is 2.10. The predicted molar refractivity (Wildman–Crippen MR) is 82.8 cm³/mol. The molecule has 0 spiro atoms. The maximum absolute atomic E-state index is 11.2. The molecule has 0 saturated carbocycles. The molecule has 0 radical (unpaired) electrons. The van der Waals surface area contributed by atoms with E-state index < -0.39 is 5.97 Å². The Bertz CT molecular complexity index is 587. The van der Waals surface area contributed by atoms with Gasteiger partial charge < -0.3 is 15.2 Å². The second-order valence-corrected chi connectivity index (χ2v) is 3.90. The number of ether oxygens (including phenoxy) is 1. The topological polar surface area (TPSA) is 58.6 Å². The summed E-state index contributed by atoms with van der Waals surface area (Å²) in [6, 6.07) is 14.2. The monoisotopic (exact) mass is 283 g/mol. The van der Waals surface area contributed by atoms with Gasteiger partial charge in [0, 0.05) is 0 Å². The SMILES string of the molecule is CCOc1ccccc1Nc1ccccc1C(=O)O.[MgH2]. The van der Waals surface area contributed by atoms with Crippen LogP contribution in [0, 0.1) is 0 Å². The Kier molecular flexibility index (Phi) is 6.34. The predicted octanol–water partition coefficient (Wildman–Crippen LogP) is 2.61. The third kappa shape index (κ3) is 3.88. The van der Waals surface area contributed by atoms with E-state index in [0.29, 0.717) is 18.0 Å². The highest BCUT2D eigenvalue weighted by Crippen LogP contribution is 2.28. The fourth-order valence-corrected chi connectivity index (χ4v) is 1.77. The zero-order valence-electron chi connectivity index (χ0n) is 10.6. The fourth-order valence-electron chi connectivity index (χ4n) is 1.77. The van der Waals surface area contributed by atoms with Gasteiger partial charge in [-0.2, -0.15) is 0 Å². The molecule has 0 aromatic heterocycles. The van der Waals surface area contributed by atoms with E-state index in [-0.39, 0.29) is 28.6 Å². The van der Waals surface area contributed by atoms with Crippen molar-refractivity contribution in [2.24, 2.45) is 0 Å². The molecule has 0 bridgehead atoms. The van der Waals surface area contributed by atoms with Crippen molar-refractivity contribution in [3.63, 3.8) is 0 Å². The molecule has 0 aliphatic rings. The summed E-state index contributed by atoms with van der Waals surface area (Å²) < 4.78 is 5.50. The maximum atomic E-state index is 11.2. The number of carbonyl (C=O) groups is 1. The standard InChI is InChI=1S/C15H15NO3.Mg.2H/c1-2-19-14-10-6-5-9-13(14)16-12-8-4-3-7-11(12)15(17)18;;;/h3-10,16H,2H2,1H3,(H,17,18);;;. The van der Waals surface area contributed by atoms with Crippen LogP contribution in [0.15, 0.2) is 48.5 Å². The van der Waals surface area contributed by atoms with Crippen LogP contribution in [0.3, 0.4) is 0 Å². The number of nitrogens with one attached hydrogen (secondary N) is 1. The molecule has 2 aromatic rings. The molecular weight excluding hydrogens is 266 g/mol. The van der Waals surface area contributed by atoms with Crippen molar-refractivity contribution in [2.45, 2.75) is 6.92 Å². The van der Waals surface area contributed by atoms with Crippen molar-refractivity contribution in [3.8, 4) is 5.75 Å². The summed E-state index contributed by atoms with van der Waals surface area (Å²) in [4.78, 5) is 11.2. The fraction of sp³-hybridized carbons (Fsp3) is 0.133. The Morgan fingerprint density at radius 3 is 2.35 bits per heavy atom. The van der Waals surface area contributed by atoms with Crippen LogP contribution in [0.25, 0.3) is 0 Å². The molecule has 0 aliphatic carbocycles. The minimum absolute atomic E-state index is 0. The van der Waals surface area contributed by atoms with Gasteiger partial charge in [-0.05, 0) is 31.2 Å². The van der Waals surface area contributed by atoms with Crippen LogP contribution in [0.5, 0.6) is 5.75 Å². The lowest BCUT2D eigenvalue weighted by Gasteiger charge is -2.13. The Labute approximate surface area is 133 Å². The van der Waals surface area contributed by atoms with Gasteiger partial charge in [0.25, 0.3) is 0 Å². The van der Waals surface area contributed by atoms with Crippen molar-refractivity contribution in [1.82, 2.24) is 0 Å². The van der Waals surface area contributed by atoms with Gasteiger partial charge in [0.05, 0.1) is 23.5 Å². The van der Waals surface area contributed by atoms with E-state index in [2.05, 4.69) is 5.32 Å². The van der Waals surface area contributed by atoms with E-state index in [1.807, 2.05) is 31.2 Å². The number of benzene rings is 2. The van der Waals surface area contributed by atoms with Gasteiger partial charge in [0.15, 0.2) is 0 Å². The molecule has 2 N–H and O–H groups in total.